The second kappa shape index (κ2) is 5.38. The average molecular weight is 263 g/mol. The molecule has 19 heavy (non-hydrogen) atoms. The molecule has 2 aromatic rings. The molecule has 0 saturated heterocycles. The maximum Gasteiger partial charge on any atom is 0.431 e. The lowest BCUT2D eigenvalue weighted by atomic mass is 10.2. The number of nitrogen functional groups attached to an aromatic ring is 1. The molecule has 1 aromatic carbocycles. The van der Waals surface area contributed by atoms with Crippen molar-refractivity contribution in [2.24, 2.45) is 0 Å². The lowest BCUT2D eigenvalue weighted by Crippen LogP contribution is -2.44. The Hall–Kier alpha value is -2.57. The quantitative estimate of drug-likeness (QED) is 0.437. The summed E-state index contributed by atoms with van der Waals surface area (Å²) in [5, 5.41) is 2.60. The van der Waals surface area contributed by atoms with E-state index >= 15 is 0 Å². The van der Waals surface area contributed by atoms with Gasteiger partial charge in [0.1, 0.15) is 6.54 Å². The maximum absolute atomic E-state index is 11.8. The van der Waals surface area contributed by atoms with E-state index in [9.17, 15) is 9.59 Å². The largest absolute Gasteiger partial charge is 0.459 e. The molecule has 2 rings (SSSR count). The van der Waals surface area contributed by atoms with Gasteiger partial charge in [0.15, 0.2) is 0 Å². The first-order valence-corrected chi connectivity index (χ1v) is 5.84. The van der Waals surface area contributed by atoms with E-state index < -0.39 is 11.5 Å². The van der Waals surface area contributed by atoms with Crippen molar-refractivity contribution < 1.29 is 14.2 Å². The number of aromatic amines is 1. The van der Waals surface area contributed by atoms with E-state index in [-0.39, 0.29) is 12.3 Å². The molecule has 0 bridgehead atoms. The molecule has 0 amide bonds. The first-order chi connectivity index (χ1) is 9.13. The molecule has 0 atom stereocenters. The third-order valence-corrected chi connectivity index (χ3v) is 2.57. The van der Waals surface area contributed by atoms with Gasteiger partial charge in [-0.05, 0) is 17.3 Å². The molecule has 0 fully saturated rings. The molecule has 0 saturated carbocycles. The normalized spacial score (nSPS) is 10.4. The number of benzene rings is 1. The van der Waals surface area contributed by atoms with Crippen molar-refractivity contribution in [3.8, 4) is 0 Å². The topological polar surface area (TPSA) is 94.0 Å². The van der Waals surface area contributed by atoms with Crippen LogP contribution in [0.5, 0.6) is 0 Å². The number of hydrogen-bond acceptors (Lipinski definition) is 4. The third kappa shape index (κ3) is 2.65. The fourth-order valence-corrected chi connectivity index (χ4v) is 1.73. The van der Waals surface area contributed by atoms with Crippen LogP contribution in [0.4, 0.5) is 0 Å². The molecule has 3 N–H and O–H groups in total. The van der Waals surface area contributed by atoms with Gasteiger partial charge in [-0.3, -0.25) is 0 Å². The van der Waals surface area contributed by atoms with Gasteiger partial charge in [-0.15, -0.1) is 4.68 Å². The van der Waals surface area contributed by atoms with Gasteiger partial charge >= 0.3 is 17.2 Å². The summed E-state index contributed by atoms with van der Waals surface area (Å²) >= 11 is 0. The first kappa shape index (κ1) is 12.9. The van der Waals surface area contributed by atoms with Crippen LogP contribution in [0.1, 0.15) is 23.0 Å². The summed E-state index contributed by atoms with van der Waals surface area (Å²) < 4.78 is 6.22. The summed E-state index contributed by atoms with van der Waals surface area (Å²) in [6.07, 6.45) is 0. The minimum atomic E-state index is -0.691. The van der Waals surface area contributed by atoms with Gasteiger partial charge in [0.25, 0.3) is 0 Å². The number of carbonyl (C=O) groups excluding carboxylic acids is 1. The molecule has 0 aliphatic rings. The van der Waals surface area contributed by atoms with Crippen molar-refractivity contribution in [2.45, 2.75) is 13.5 Å². The van der Waals surface area contributed by atoms with Gasteiger partial charge in [-0.2, -0.15) is 0 Å². The van der Waals surface area contributed by atoms with Crippen LogP contribution in [-0.2, 0) is 11.3 Å². The summed E-state index contributed by atoms with van der Waals surface area (Å²) in [7, 11) is 0. The van der Waals surface area contributed by atoms with Gasteiger partial charge in [0.05, 0.1) is 6.61 Å². The number of nitrogens with zero attached hydrogens (tertiary/aromatic N) is 2. The second-order valence-corrected chi connectivity index (χ2v) is 3.92. The van der Waals surface area contributed by atoms with Crippen LogP contribution in [0.25, 0.3) is 0 Å². The molecule has 0 unspecified atom stereocenters. The van der Waals surface area contributed by atoms with Crippen molar-refractivity contribution in [1.29, 1.82) is 0 Å². The highest BCUT2D eigenvalue weighted by Crippen LogP contribution is 1.98. The Kier molecular flexibility index (Phi) is 3.65. The summed E-state index contributed by atoms with van der Waals surface area (Å²) in [6, 6.07) is 9.40. The lowest BCUT2D eigenvalue weighted by Gasteiger charge is -2.00. The standard InChI is InChI=1S/C12H14N4O3/c1-2-19-12(18)10-11(17)16(13)14-15(10)8-9-6-4-3-5-7-9/h3-7H,2,8H2,1H3,(H2-,13,14,17,18)/p+1. The van der Waals surface area contributed by atoms with E-state index in [0.717, 1.165) is 10.4 Å². The van der Waals surface area contributed by atoms with Gasteiger partial charge < -0.3 is 4.74 Å². The average Bonchev–Trinajstić information content (AvgIpc) is 2.66. The van der Waals surface area contributed by atoms with Gasteiger partial charge in [-0.1, -0.05) is 35.5 Å². The predicted octanol–water partition coefficient (Wildman–Crippen LogP) is -0.597. The number of aromatic nitrogens is 3. The monoisotopic (exact) mass is 263 g/mol. The van der Waals surface area contributed by atoms with Crippen molar-refractivity contribution in [2.75, 3.05) is 12.4 Å². The number of rotatable bonds is 4. The number of hydrogen-bond donors (Lipinski definition) is 2. The van der Waals surface area contributed by atoms with E-state index in [4.69, 9.17) is 10.6 Å². The molecule has 7 heteroatoms. The summed E-state index contributed by atoms with van der Waals surface area (Å²) in [4.78, 5) is 24.3. The van der Waals surface area contributed by atoms with E-state index in [2.05, 4.69) is 5.21 Å². The van der Waals surface area contributed by atoms with Crippen molar-refractivity contribution in [1.82, 2.24) is 10.0 Å². The summed E-state index contributed by atoms with van der Waals surface area (Å²) in [5.74, 6) is 4.76. The fraction of sp³-hybridized carbons (Fsp3) is 0.250. The zero-order chi connectivity index (χ0) is 13.8. The van der Waals surface area contributed by atoms with E-state index in [1.54, 1.807) is 6.92 Å². The van der Waals surface area contributed by atoms with Crippen LogP contribution >= 0.6 is 0 Å². The molecular weight excluding hydrogens is 248 g/mol. The van der Waals surface area contributed by atoms with Gasteiger partial charge in [-0.25, -0.2) is 15.4 Å². The molecule has 1 heterocycles. The number of ether oxygens (including phenoxy) is 1. The number of nitrogens with two attached hydrogens (primary N) is 1. The van der Waals surface area contributed by atoms with Crippen LogP contribution < -0.4 is 16.1 Å². The van der Waals surface area contributed by atoms with Crippen LogP contribution in [-0.4, -0.2) is 22.6 Å². The van der Waals surface area contributed by atoms with E-state index in [0.29, 0.717) is 6.54 Å². The fourth-order valence-electron chi connectivity index (χ4n) is 1.73. The predicted molar refractivity (Wildman–Crippen MR) is 66.9 cm³/mol. The zero-order valence-corrected chi connectivity index (χ0v) is 10.5. The van der Waals surface area contributed by atoms with Crippen molar-refractivity contribution >= 4 is 5.97 Å². The Morgan fingerprint density at radius 2 is 2.11 bits per heavy atom. The number of carbonyl (C=O) groups is 1. The molecule has 100 valence electrons. The maximum atomic E-state index is 11.8. The molecule has 0 aliphatic heterocycles. The van der Waals surface area contributed by atoms with E-state index in [1.165, 1.54) is 4.68 Å². The third-order valence-electron chi connectivity index (χ3n) is 2.57. The van der Waals surface area contributed by atoms with Crippen LogP contribution in [0.15, 0.2) is 35.1 Å². The van der Waals surface area contributed by atoms with Gasteiger partial charge in [0, 0.05) is 0 Å². The molecule has 7 nitrogen and oxygen atoms in total. The van der Waals surface area contributed by atoms with Crippen LogP contribution in [0.3, 0.4) is 0 Å². The second-order valence-electron chi connectivity index (χ2n) is 3.92. The molecular formula is C12H15N4O3+. The Morgan fingerprint density at radius 3 is 2.74 bits per heavy atom. The Balaban J connectivity index is 2.38. The molecule has 0 spiro atoms. The lowest BCUT2D eigenvalue weighted by molar-refractivity contribution is -0.749. The highest BCUT2D eigenvalue weighted by atomic mass is 16.5. The van der Waals surface area contributed by atoms with Crippen LogP contribution in [0, 0.1) is 0 Å². The number of esters is 1. The Bertz CT molecular complexity index is 630. The Morgan fingerprint density at radius 1 is 1.42 bits per heavy atom. The minimum absolute atomic E-state index is 0.117. The highest BCUT2D eigenvalue weighted by Gasteiger charge is 2.28. The van der Waals surface area contributed by atoms with Crippen LogP contribution in [0.2, 0.25) is 0 Å². The molecule has 0 aliphatic carbocycles. The zero-order valence-electron chi connectivity index (χ0n) is 10.5. The summed E-state index contributed by atoms with van der Waals surface area (Å²) in [6.45, 7) is 2.20. The smallest absolute Gasteiger partial charge is 0.431 e. The number of nitrogens with one attached hydrogen (secondary N) is 1. The van der Waals surface area contributed by atoms with Crippen molar-refractivity contribution in [3.63, 3.8) is 0 Å². The first-order valence-electron chi connectivity index (χ1n) is 5.84. The number of H-pyrrole nitrogens is 1. The SMILES string of the molecule is CCOC(=O)c1c(=O)n(N)[nH][n+]1Cc1ccccc1. The van der Waals surface area contributed by atoms with Crippen molar-refractivity contribution in [3.05, 3.63) is 51.9 Å². The molecule has 1 aromatic heterocycles. The van der Waals surface area contributed by atoms with Gasteiger partial charge in [0.2, 0.25) is 0 Å². The molecule has 0 radical (unpaired) electrons. The highest BCUT2D eigenvalue weighted by molar-refractivity contribution is 5.85. The Labute approximate surface area is 109 Å². The van der Waals surface area contributed by atoms with E-state index in [1.807, 2.05) is 30.3 Å². The summed E-state index contributed by atoms with van der Waals surface area (Å²) in [5.41, 5.74) is 0.197. The minimum Gasteiger partial charge on any atom is -0.459 e.